The highest BCUT2D eigenvalue weighted by molar-refractivity contribution is 7.07. The summed E-state index contributed by atoms with van der Waals surface area (Å²) in [4.78, 5) is 16.7. The number of nitrogens with zero attached hydrogens (tertiary/aromatic N) is 1. The Kier molecular flexibility index (Phi) is 5.88. The van der Waals surface area contributed by atoms with Crippen LogP contribution in [0.4, 0.5) is 0 Å². The number of aromatic nitrogens is 1. The summed E-state index contributed by atoms with van der Waals surface area (Å²) in [5.74, 6) is 1.48. The molecule has 1 aromatic heterocycles. The Balaban J connectivity index is 1.66. The quantitative estimate of drug-likeness (QED) is 0.827. The molecular formula is C18H23N3O3S. The van der Waals surface area contributed by atoms with Crippen LogP contribution in [0.15, 0.2) is 29.1 Å². The first-order valence-electron chi connectivity index (χ1n) is 8.37. The second kappa shape index (κ2) is 8.31. The number of nitrogens with one attached hydrogen (secondary N) is 2. The summed E-state index contributed by atoms with van der Waals surface area (Å²) in [5.41, 5.74) is 3.21. The van der Waals surface area contributed by atoms with Gasteiger partial charge in [0.2, 0.25) is 0 Å². The van der Waals surface area contributed by atoms with Gasteiger partial charge in [-0.3, -0.25) is 4.79 Å². The van der Waals surface area contributed by atoms with E-state index < -0.39 is 0 Å². The van der Waals surface area contributed by atoms with Gasteiger partial charge < -0.3 is 20.1 Å². The molecular weight excluding hydrogens is 338 g/mol. The normalized spacial score (nSPS) is 20.1. The second-order valence-corrected chi connectivity index (χ2v) is 6.90. The first-order chi connectivity index (χ1) is 12.2. The lowest BCUT2D eigenvalue weighted by Gasteiger charge is -2.30. The molecule has 2 aromatic rings. The molecule has 1 aliphatic rings. The van der Waals surface area contributed by atoms with Crippen LogP contribution in [0.1, 0.15) is 29.4 Å². The molecule has 0 spiro atoms. The first-order valence-corrected chi connectivity index (χ1v) is 9.31. The van der Waals surface area contributed by atoms with Crippen molar-refractivity contribution in [2.24, 2.45) is 5.92 Å². The summed E-state index contributed by atoms with van der Waals surface area (Å²) in [6.45, 7) is 4.38. The fourth-order valence-corrected chi connectivity index (χ4v) is 3.41. The average molecular weight is 361 g/mol. The highest BCUT2D eigenvalue weighted by Crippen LogP contribution is 2.29. The lowest BCUT2D eigenvalue weighted by molar-refractivity contribution is 0.0913. The summed E-state index contributed by atoms with van der Waals surface area (Å²) < 4.78 is 11.1. The molecule has 1 aromatic carbocycles. The molecule has 0 radical (unpaired) electrons. The zero-order valence-corrected chi connectivity index (χ0v) is 15.3. The number of carbonyl (C=O) groups excluding carboxylic acids is 1. The number of thiazole rings is 1. The molecule has 7 heteroatoms. The number of benzene rings is 1. The zero-order valence-electron chi connectivity index (χ0n) is 14.5. The molecule has 2 atom stereocenters. The van der Waals surface area contributed by atoms with Crippen molar-refractivity contribution in [1.29, 1.82) is 0 Å². The number of amides is 1. The van der Waals surface area contributed by atoms with Gasteiger partial charge in [-0.2, -0.15) is 0 Å². The Bertz CT molecular complexity index is 706. The second-order valence-electron chi connectivity index (χ2n) is 6.18. The average Bonchev–Trinajstić information content (AvgIpc) is 3.15. The van der Waals surface area contributed by atoms with Gasteiger partial charge in [0.05, 0.1) is 18.3 Å². The van der Waals surface area contributed by atoms with Crippen molar-refractivity contribution >= 4 is 17.2 Å². The number of methoxy groups -OCH3 is 1. The van der Waals surface area contributed by atoms with Gasteiger partial charge in [0.1, 0.15) is 6.61 Å². The SMILES string of the molecule is COc1cc(C(=O)NC2CCNCC2C)ccc1OCc1cscn1. The van der Waals surface area contributed by atoms with Crippen LogP contribution in [-0.4, -0.2) is 37.1 Å². The molecule has 1 aliphatic heterocycles. The van der Waals surface area contributed by atoms with Crippen LogP contribution < -0.4 is 20.1 Å². The van der Waals surface area contributed by atoms with Crippen molar-refractivity contribution in [3.63, 3.8) is 0 Å². The minimum Gasteiger partial charge on any atom is -0.493 e. The lowest BCUT2D eigenvalue weighted by Crippen LogP contribution is -2.48. The van der Waals surface area contributed by atoms with Gasteiger partial charge in [-0.1, -0.05) is 6.92 Å². The van der Waals surface area contributed by atoms with Crippen molar-refractivity contribution in [1.82, 2.24) is 15.6 Å². The number of rotatable bonds is 6. The monoisotopic (exact) mass is 361 g/mol. The molecule has 2 heterocycles. The molecule has 3 rings (SSSR count). The van der Waals surface area contributed by atoms with Gasteiger partial charge in [0, 0.05) is 17.0 Å². The summed E-state index contributed by atoms with van der Waals surface area (Å²) >= 11 is 1.53. The van der Waals surface area contributed by atoms with Crippen LogP contribution in [0.2, 0.25) is 0 Å². The Labute approximate surface area is 151 Å². The van der Waals surface area contributed by atoms with E-state index >= 15 is 0 Å². The topological polar surface area (TPSA) is 72.5 Å². The summed E-state index contributed by atoms with van der Waals surface area (Å²) in [5, 5.41) is 8.40. The predicted molar refractivity (Wildman–Crippen MR) is 97.3 cm³/mol. The van der Waals surface area contributed by atoms with Gasteiger partial charge in [0.15, 0.2) is 11.5 Å². The molecule has 6 nitrogen and oxygen atoms in total. The smallest absolute Gasteiger partial charge is 0.251 e. The van der Waals surface area contributed by atoms with Gasteiger partial charge in [-0.25, -0.2) is 4.98 Å². The highest BCUT2D eigenvalue weighted by atomic mass is 32.1. The third-order valence-corrected chi connectivity index (χ3v) is 5.02. The molecule has 1 amide bonds. The maximum atomic E-state index is 12.5. The van der Waals surface area contributed by atoms with Crippen LogP contribution in [0.25, 0.3) is 0 Å². The fraction of sp³-hybridized carbons (Fsp3) is 0.444. The fourth-order valence-electron chi connectivity index (χ4n) is 2.87. The van der Waals surface area contributed by atoms with E-state index in [0.29, 0.717) is 29.6 Å². The van der Waals surface area contributed by atoms with Gasteiger partial charge in [0.25, 0.3) is 5.91 Å². The van der Waals surface area contributed by atoms with Crippen LogP contribution in [-0.2, 0) is 6.61 Å². The Morgan fingerprint density at radius 1 is 1.44 bits per heavy atom. The predicted octanol–water partition coefficient (Wildman–Crippen LogP) is 2.46. The highest BCUT2D eigenvalue weighted by Gasteiger charge is 2.23. The van der Waals surface area contributed by atoms with Gasteiger partial charge in [-0.15, -0.1) is 11.3 Å². The molecule has 1 saturated heterocycles. The third kappa shape index (κ3) is 4.49. The number of piperidine rings is 1. The lowest BCUT2D eigenvalue weighted by atomic mass is 9.95. The maximum Gasteiger partial charge on any atom is 0.251 e. The van der Waals surface area contributed by atoms with E-state index in [1.807, 2.05) is 5.38 Å². The van der Waals surface area contributed by atoms with Crippen LogP contribution in [0.3, 0.4) is 0 Å². The van der Waals surface area contributed by atoms with E-state index in [4.69, 9.17) is 9.47 Å². The molecule has 0 aliphatic carbocycles. The van der Waals surface area contributed by atoms with Crippen molar-refractivity contribution in [3.8, 4) is 11.5 Å². The molecule has 2 N–H and O–H groups in total. The molecule has 25 heavy (non-hydrogen) atoms. The Morgan fingerprint density at radius 3 is 3.04 bits per heavy atom. The van der Waals surface area contributed by atoms with Crippen LogP contribution in [0, 0.1) is 5.92 Å². The number of hydrogen-bond donors (Lipinski definition) is 2. The summed E-state index contributed by atoms with van der Waals surface area (Å²) in [6, 6.07) is 5.45. The summed E-state index contributed by atoms with van der Waals surface area (Å²) in [7, 11) is 1.57. The van der Waals surface area contributed by atoms with Gasteiger partial charge in [-0.05, 0) is 43.6 Å². The van der Waals surface area contributed by atoms with E-state index in [2.05, 4.69) is 22.5 Å². The van der Waals surface area contributed by atoms with Crippen LogP contribution >= 0.6 is 11.3 Å². The molecule has 0 saturated carbocycles. The van der Waals surface area contributed by atoms with E-state index in [0.717, 1.165) is 25.2 Å². The standard InChI is InChI=1S/C18H23N3O3S/c1-12-8-19-6-5-15(12)21-18(22)13-3-4-16(17(7-13)23-2)24-9-14-10-25-11-20-14/h3-4,7,10-12,15,19H,5-6,8-9H2,1-2H3,(H,21,22). The number of ether oxygens (including phenoxy) is 2. The van der Waals surface area contributed by atoms with E-state index in [1.165, 1.54) is 11.3 Å². The summed E-state index contributed by atoms with van der Waals surface area (Å²) in [6.07, 6.45) is 0.943. The molecule has 2 unspecified atom stereocenters. The largest absolute Gasteiger partial charge is 0.493 e. The van der Waals surface area contributed by atoms with Gasteiger partial charge >= 0.3 is 0 Å². The number of hydrogen-bond acceptors (Lipinski definition) is 6. The van der Waals surface area contributed by atoms with E-state index in [1.54, 1.807) is 30.8 Å². The van der Waals surface area contributed by atoms with Crippen molar-refractivity contribution in [2.45, 2.75) is 26.0 Å². The molecule has 0 bridgehead atoms. The van der Waals surface area contributed by atoms with E-state index in [9.17, 15) is 4.79 Å². The minimum absolute atomic E-state index is 0.0805. The first kappa shape index (κ1) is 17.7. The van der Waals surface area contributed by atoms with Crippen molar-refractivity contribution < 1.29 is 14.3 Å². The van der Waals surface area contributed by atoms with Crippen molar-refractivity contribution in [2.75, 3.05) is 20.2 Å². The van der Waals surface area contributed by atoms with Crippen molar-refractivity contribution in [3.05, 3.63) is 40.3 Å². The maximum absolute atomic E-state index is 12.5. The third-order valence-electron chi connectivity index (χ3n) is 4.39. The van der Waals surface area contributed by atoms with E-state index in [-0.39, 0.29) is 11.9 Å². The zero-order chi connectivity index (χ0) is 17.6. The Morgan fingerprint density at radius 2 is 2.32 bits per heavy atom. The minimum atomic E-state index is -0.0805. The van der Waals surface area contributed by atoms with Crippen LogP contribution in [0.5, 0.6) is 11.5 Å². The molecule has 134 valence electrons. The molecule has 1 fully saturated rings. The number of carbonyl (C=O) groups is 1. The Hall–Kier alpha value is -2.12.